The van der Waals surface area contributed by atoms with E-state index in [1.54, 1.807) is 22.1 Å². The quantitative estimate of drug-likeness (QED) is 0.797. The first-order chi connectivity index (χ1) is 10.4. The number of para-hydroxylation sites is 1. The lowest BCUT2D eigenvalue weighted by atomic mass is 10.2. The highest BCUT2D eigenvalue weighted by atomic mass is 32.2. The molecule has 1 N–H and O–H groups in total. The second kappa shape index (κ2) is 5.58. The maximum absolute atomic E-state index is 11.6. The molecular weight excluding hydrogens is 318 g/mol. The van der Waals surface area contributed by atoms with Gasteiger partial charge in [0.15, 0.2) is 0 Å². The monoisotopic (exact) mass is 333 g/mol. The standard InChI is InChI=1S/C15H15N3O2S2/c1-11-6-3-4-7-13(11)18-15(17-22(2,19)20)10-12(16-18)14-8-5-9-21-14/h3-10,17H,1-2H3. The van der Waals surface area contributed by atoms with Crippen LogP contribution in [0.4, 0.5) is 5.82 Å². The zero-order chi connectivity index (χ0) is 15.7. The molecule has 0 radical (unpaired) electrons. The van der Waals surface area contributed by atoms with Crippen LogP contribution in [0.25, 0.3) is 16.3 Å². The predicted octanol–water partition coefficient (Wildman–Crippen LogP) is 3.28. The van der Waals surface area contributed by atoms with Crippen LogP contribution in [0.2, 0.25) is 0 Å². The van der Waals surface area contributed by atoms with Gasteiger partial charge in [-0.1, -0.05) is 24.3 Å². The zero-order valence-corrected chi connectivity index (χ0v) is 13.8. The Bertz CT molecular complexity index is 897. The summed E-state index contributed by atoms with van der Waals surface area (Å²) in [5.74, 6) is 0.431. The Labute approximate surface area is 133 Å². The summed E-state index contributed by atoms with van der Waals surface area (Å²) in [6.07, 6.45) is 1.13. The molecule has 0 saturated heterocycles. The minimum Gasteiger partial charge on any atom is -0.267 e. The normalized spacial score (nSPS) is 11.5. The number of aryl methyl sites for hydroxylation is 1. The molecule has 7 heteroatoms. The van der Waals surface area contributed by atoms with Crippen LogP contribution >= 0.6 is 11.3 Å². The van der Waals surface area contributed by atoms with Crippen LogP contribution in [0.3, 0.4) is 0 Å². The average Bonchev–Trinajstić information content (AvgIpc) is 3.06. The van der Waals surface area contributed by atoms with Gasteiger partial charge in [-0.05, 0) is 30.0 Å². The Morgan fingerprint density at radius 2 is 1.95 bits per heavy atom. The van der Waals surface area contributed by atoms with E-state index in [-0.39, 0.29) is 0 Å². The van der Waals surface area contributed by atoms with E-state index in [2.05, 4.69) is 9.82 Å². The number of benzene rings is 1. The molecule has 1 aromatic carbocycles. The number of nitrogens with one attached hydrogen (secondary N) is 1. The number of sulfonamides is 1. The Balaban J connectivity index is 2.17. The molecule has 0 unspecified atom stereocenters. The summed E-state index contributed by atoms with van der Waals surface area (Å²) in [5, 5.41) is 6.53. The molecule has 2 heterocycles. The van der Waals surface area contributed by atoms with E-state index in [4.69, 9.17) is 0 Å². The molecule has 0 saturated carbocycles. The number of hydrogen-bond acceptors (Lipinski definition) is 4. The Morgan fingerprint density at radius 3 is 2.59 bits per heavy atom. The number of hydrogen-bond donors (Lipinski definition) is 1. The van der Waals surface area contributed by atoms with Gasteiger partial charge in [-0.3, -0.25) is 4.72 Å². The SMILES string of the molecule is Cc1ccccc1-n1nc(-c2cccs2)cc1NS(C)(=O)=O. The first-order valence-corrected chi connectivity index (χ1v) is 9.39. The van der Waals surface area contributed by atoms with Crippen molar-refractivity contribution in [3.8, 4) is 16.3 Å². The van der Waals surface area contributed by atoms with E-state index in [9.17, 15) is 8.42 Å². The first-order valence-electron chi connectivity index (χ1n) is 6.62. The molecule has 3 rings (SSSR count). The molecule has 0 spiro atoms. The third-order valence-electron chi connectivity index (χ3n) is 3.12. The first kappa shape index (κ1) is 14.8. The van der Waals surface area contributed by atoms with Crippen molar-refractivity contribution in [2.45, 2.75) is 6.92 Å². The van der Waals surface area contributed by atoms with Gasteiger partial charge in [0.2, 0.25) is 10.0 Å². The molecule has 3 aromatic rings. The van der Waals surface area contributed by atoms with Crippen molar-refractivity contribution in [3.63, 3.8) is 0 Å². The van der Waals surface area contributed by atoms with Crippen LogP contribution in [0.1, 0.15) is 5.56 Å². The van der Waals surface area contributed by atoms with Gasteiger partial charge in [0.1, 0.15) is 11.5 Å². The second-order valence-corrected chi connectivity index (χ2v) is 7.66. The summed E-state index contributed by atoms with van der Waals surface area (Å²) in [4.78, 5) is 0.990. The van der Waals surface area contributed by atoms with Crippen molar-refractivity contribution in [3.05, 3.63) is 53.4 Å². The molecule has 0 aliphatic heterocycles. The number of nitrogens with zero attached hydrogens (tertiary/aromatic N) is 2. The van der Waals surface area contributed by atoms with Gasteiger partial charge in [-0.25, -0.2) is 13.1 Å². The van der Waals surface area contributed by atoms with Gasteiger partial charge in [0.05, 0.1) is 16.8 Å². The molecule has 22 heavy (non-hydrogen) atoms. The van der Waals surface area contributed by atoms with Gasteiger partial charge in [-0.15, -0.1) is 11.3 Å². The van der Waals surface area contributed by atoms with Crippen LogP contribution in [-0.4, -0.2) is 24.5 Å². The van der Waals surface area contributed by atoms with E-state index in [1.165, 1.54) is 0 Å². The second-order valence-electron chi connectivity index (χ2n) is 4.96. The molecule has 0 amide bonds. The Morgan fingerprint density at radius 1 is 1.18 bits per heavy atom. The number of rotatable bonds is 4. The molecule has 5 nitrogen and oxygen atoms in total. The molecule has 114 valence electrons. The van der Waals surface area contributed by atoms with Crippen LogP contribution in [-0.2, 0) is 10.0 Å². The lowest BCUT2D eigenvalue weighted by Gasteiger charge is -2.10. The zero-order valence-electron chi connectivity index (χ0n) is 12.1. The van der Waals surface area contributed by atoms with Gasteiger partial charge in [0, 0.05) is 6.07 Å². The maximum Gasteiger partial charge on any atom is 0.230 e. The van der Waals surface area contributed by atoms with Crippen LogP contribution in [0, 0.1) is 6.92 Å². The van der Waals surface area contributed by atoms with Gasteiger partial charge in [-0.2, -0.15) is 5.10 Å². The lowest BCUT2D eigenvalue weighted by molar-refractivity contribution is 0.606. The summed E-state index contributed by atoms with van der Waals surface area (Å²) in [6, 6.07) is 13.4. The third-order valence-corrected chi connectivity index (χ3v) is 4.59. The van der Waals surface area contributed by atoms with Crippen molar-refractivity contribution in [1.29, 1.82) is 0 Å². The predicted molar refractivity (Wildman–Crippen MR) is 90.1 cm³/mol. The topological polar surface area (TPSA) is 64.0 Å². The summed E-state index contributed by atoms with van der Waals surface area (Å²) in [5.41, 5.74) is 2.60. The highest BCUT2D eigenvalue weighted by molar-refractivity contribution is 7.92. The Kier molecular flexibility index (Phi) is 3.76. The number of aromatic nitrogens is 2. The number of thiophene rings is 1. The molecule has 0 fully saturated rings. The van der Waals surface area contributed by atoms with Gasteiger partial charge >= 0.3 is 0 Å². The van der Waals surface area contributed by atoms with Crippen molar-refractivity contribution in [1.82, 2.24) is 9.78 Å². The molecule has 2 aromatic heterocycles. The molecule has 0 bridgehead atoms. The van der Waals surface area contributed by atoms with E-state index >= 15 is 0 Å². The van der Waals surface area contributed by atoms with E-state index < -0.39 is 10.0 Å². The minimum atomic E-state index is -3.38. The van der Waals surface area contributed by atoms with Gasteiger partial charge in [0.25, 0.3) is 0 Å². The lowest BCUT2D eigenvalue weighted by Crippen LogP contribution is -2.13. The highest BCUT2D eigenvalue weighted by Gasteiger charge is 2.15. The van der Waals surface area contributed by atoms with Crippen LogP contribution < -0.4 is 4.72 Å². The largest absolute Gasteiger partial charge is 0.267 e. The summed E-state index contributed by atoms with van der Waals surface area (Å²) < 4.78 is 27.4. The molecule has 0 aliphatic rings. The highest BCUT2D eigenvalue weighted by Crippen LogP contribution is 2.29. The molecule has 0 aliphatic carbocycles. The molecule has 0 atom stereocenters. The van der Waals surface area contributed by atoms with E-state index in [0.29, 0.717) is 5.82 Å². The fraction of sp³-hybridized carbons (Fsp3) is 0.133. The smallest absolute Gasteiger partial charge is 0.230 e. The fourth-order valence-corrected chi connectivity index (χ4v) is 3.38. The minimum absolute atomic E-state index is 0.431. The maximum atomic E-state index is 11.6. The fourth-order valence-electron chi connectivity index (χ4n) is 2.17. The average molecular weight is 333 g/mol. The number of anilines is 1. The van der Waals surface area contributed by atoms with Crippen molar-refractivity contribution in [2.24, 2.45) is 0 Å². The van der Waals surface area contributed by atoms with Crippen molar-refractivity contribution in [2.75, 3.05) is 11.0 Å². The Hall–Kier alpha value is -2.12. The van der Waals surface area contributed by atoms with E-state index in [1.807, 2.05) is 48.7 Å². The molecular formula is C15H15N3O2S2. The summed E-state index contributed by atoms with van der Waals surface area (Å²) in [6.45, 7) is 1.96. The third kappa shape index (κ3) is 3.05. The summed E-state index contributed by atoms with van der Waals surface area (Å²) in [7, 11) is -3.38. The van der Waals surface area contributed by atoms with Crippen molar-refractivity contribution < 1.29 is 8.42 Å². The summed E-state index contributed by atoms with van der Waals surface area (Å²) >= 11 is 1.56. The van der Waals surface area contributed by atoms with Gasteiger partial charge < -0.3 is 0 Å². The van der Waals surface area contributed by atoms with Crippen LogP contribution in [0.5, 0.6) is 0 Å². The van der Waals surface area contributed by atoms with Crippen molar-refractivity contribution >= 4 is 27.2 Å². The van der Waals surface area contributed by atoms with E-state index in [0.717, 1.165) is 28.1 Å². The van der Waals surface area contributed by atoms with Crippen LogP contribution in [0.15, 0.2) is 47.8 Å².